The second-order valence-corrected chi connectivity index (χ2v) is 4.29. The van der Waals surface area contributed by atoms with Crippen LogP contribution in [0.5, 0.6) is 0 Å². The number of unbranched alkanes of at least 4 members (excludes halogenated alkanes) is 1. The molecule has 1 atom stereocenters. The van der Waals surface area contributed by atoms with Crippen LogP contribution in [0.2, 0.25) is 0 Å². The fourth-order valence-electron chi connectivity index (χ4n) is 1.81. The predicted octanol–water partition coefficient (Wildman–Crippen LogP) is 3.18. The van der Waals surface area contributed by atoms with Gasteiger partial charge in [-0.1, -0.05) is 44.9 Å². The van der Waals surface area contributed by atoms with Gasteiger partial charge in [0.05, 0.1) is 0 Å². The molecule has 0 radical (unpaired) electrons. The third-order valence-corrected chi connectivity index (χ3v) is 2.88. The summed E-state index contributed by atoms with van der Waals surface area (Å²) < 4.78 is 0. The SMILES string of the molecule is CCCCC(N)CNc1ccccc1CC. The summed E-state index contributed by atoms with van der Waals surface area (Å²) in [6.45, 7) is 5.25. The predicted molar refractivity (Wildman–Crippen MR) is 71.8 cm³/mol. The molecule has 1 unspecified atom stereocenters. The van der Waals surface area contributed by atoms with Crippen LogP contribution in [0.4, 0.5) is 5.69 Å². The van der Waals surface area contributed by atoms with E-state index in [2.05, 4.69) is 43.4 Å². The molecular formula is C14H24N2. The minimum atomic E-state index is 0.268. The molecule has 2 nitrogen and oxygen atoms in total. The van der Waals surface area contributed by atoms with Gasteiger partial charge in [-0.25, -0.2) is 0 Å². The molecule has 0 spiro atoms. The number of para-hydroxylation sites is 1. The van der Waals surface area contributed by atoms with E-state index in [0.717, 1.165) is 19.4 Å². The van der Waals surface area contributed by atoms with Gasteiger partial charge in [-0.05, 0) is 24.5 Å². The van der Waals surface area contributed by atoms with Gasteiger partial charge in [0.25, 0.3) is 0 Å². The summed E-state index contributed by atoms with van der Waals surface area (Å²) in [6.07, 6.45) is 4.61. The number of nitrogens with two attached hydrogens (primary N) is 1. The Bertz CT molecular complexity index is 297. The number of rotatable bonds is 7. The van der Waals surface area contributed by atoms with Gasteiger partial charge < -0.3 is 11.1 Å². The minimum Gasteiger partial charge on any atom is -0.383 e. The first kappa shape index (κ1) is 13.0. The van der Waals surface area contributed by atoms with E-state index in [-0.39, 0.29) is 6.04 Å². The standard InChI is InChI=1S/C14H24N2/c1-3-5-9-13(15)11-16-14-10-7-6-8-12(14)4-2/h6-8,10,13,16H,3-5,9,11,15H2,1-2H3. The molecule has 1 aromatic rings. The number of hydrogen-bond donors (Lipinski definition) is 2. The van der Waals surface area contributed by atoms with Crippen LogP contribution in [0.25, 0.3) is 0 Å². The molecule has 3 N–H and O–H groups in total. The number of hydrogen-bond acceptors (Lipinski definition) is 2. The number of nitrogens with one attached hydrogen (secondary N) is 1. The van der Waals surface area contributed by atoms with Crippen molar-refractivity contribution < 1.29 is 0 Å². The molecule has 1 aromatic carbocycles. The van der Waals surface area contributed by atoms with Crippen LogP contribution in [0.15, 0.2) is 24.3 Å². The highest BCUT2D eigenvalue weighted by Crippen LogP contribution is 2.15. The van der Waals surface area contributed by atoms with Crippen LogP contribution in [-0.4, -0.2) is 12.6 Å². The molecular weight excluding hydrogens is 196 g/mol. The molecule has 0 bridgehead atoms. The van der Waals surface area contributed by atoms with Gasteiger partial charge >= 0.3 is 0 Å². The Labute approximate surface area is 99.2 Å². The summed E-state index contributed by atoms with van der Waals surface area (Å²) in [5, 5.41) is 3.45. The smallest absolute Gasteiger partial charge is 0.0373 e. The van der Waals surface area contributed by atoms with Crippen LogP contribution >= 0.6 is 0 Å². The van der Waals surface area contributed by atoms with Crippen molar-refractivity contribution in [2.24, 2.45) is 5.73 Å². The highest BCUT2D eigenvalue weighted by atomic mass is 14.9. The van der Waals surface area contributed by atoms with Gasteiger partial charge in [-0.15, -0.1) is 0 Å². The third-order valence-electron chi connectivity index (χ3n) is 2.88. The van der Waals surface area contributed by atoms with Crippen LogP contribution in [0.1, 0.15) is 38.7 Å². The van der Waals surface area contributed by atoms with E-state index in [4.69, 9.17) is 5.73 Å². The molecule has 0 aliphatic carbocycles. The zero-order chi connectivity index (χ0) is 11.8. The summed E-state index contributed by atoms with van der Waals surface area (Å²) in [7, 11) is 0. The quantitative estimate of drug-likeness (QED) is 0.740. The second kappa shape index (κ2) is 7.29. The molecule has 0 heterocycles. The first-order valence-electron chi connectivity index (χ1n) is 6.35. The first-order valence-corrected chi connectivity index (χ1v) is 6.35. The lowest BCUT2D eigenvalue weighted by atomic mass is 10.1. The zero-order valence-electron chi connectivity index (χ0n) is 10.5. The number of aryl methyl sites for hydroxylation is 1. The Balaban J connectivity index is 2.41. The van der Waals surface area contributed by atoms with Gasteiger partial charge in [-0.2, -0.15) is 0 Å². The van der Waals surface area contributed by atoms with Crippen molar-refractivity contribution >= 4 is 5.69 Å². The summed E-state index contributed by atoms with van der Waals surface area (Å²) in [6, 6.07) is 8.72. The maximum Gasteiger partial charge on any atom is 0.0373 e. The van der Waals surface area contributed by atoms with Gasteiger partial charge in [0.2, 0.25) is 0 Å². The van der Waals surface area contributed by atoms with E-state index in [1.165, 1.54) is 24.1 Å². The lowest BCUT2D eigenvalue weighted by Gasteiger charge is -2.15. The average Bonchev–Trinajstić information content (AvgIpc) is 2.34. The van der Waals surface area contributed by atoms with Crippen LogP contribution in [0, 0.1) is 0 Å². The Morgan fingerprint density at radius 1 is 1.25 bits per heavy atom. The first-order chi connectivity index (χ1) is 7.77. The van der Waals surface area contributed by atoms with Gasteiger partial charge in [0.1, 0.15) is 0 Å². The van der Waals surface area contributed by atoms with Crippen LogP contribution < -0.4 is 11.1 Å². The lowest BCUT2D eigenvalue weighted by Crippen LogP contribution is -2.29. The summed E-state index contributed by atoms with van der Waals surface area (Å²) in [5.41, 5.74) is 8.64. The van der Waals surface area contributed by atoms with Gasteiger partial charge in [-0.3, -0.25) is 0 Å². The second-order valence-electron chi connectivity index (χ2n) is 4.29. The minimum absolute atomic E-state index is 0.268. The Kier molecular flexibility index (Phi) is 5.94. The molecule has 0 aliphatic rings. The molecule has 2 heteroatoms. The highest BCUT2D eigenvalue weighted by Gasteiger charge is 2.03. The molecule has 0 aromatic heterocycles. The summed E-state index contributed by atoms with van der Waals surface area (Å²) in [5.74, 6) is 0. The molecule has 0 fully saturated rings. The molecule has 0 saturated heterocycles. The van der Waals surface area contributed by atoms with Gasteiger partial charge in [0, 0.05) is 18.3 Å². The normalized spacial score (nSPS) is 12.4. The number of benzene rings is 1. The van der Waals surface area contributed by atoms with Gasteiger partial charge in [0.15, 0.2) is 0 Å². The van der Waals surface area contributed by atoms with E-state index in [0.29, 0.717) is 0 Å². The van der Waals surface area contributed by atoms with Crippen molar-refractivity contribution in [2.75, 3.05) is 11.9 Å². The third kappa shape index (κ3) is 4.23. The largest absolute Gasteiger partial charge is 0.383 e. The molecule has 0 amide bonds. The van der Waals surface area contributed by atoms with Crippen molar-refractivity contribution in [3.63, 3.8) is 0 Å². The Hall–Kier alpha value is -1.02. The summed E-state index contributed by atoms with van der Waals surface area (Å²) in [4.78, 5) is 0. The maximum absolute atomic E-state index is 6.04. The van der Waals surface area contributed by atoms with Crippen molar-refractivity contribution in [3.05, 3.63) is 29.8 Å². The van der Waals surface area contributed by atoms with E-state index < -0.39 is 0 Å². The highest BCUT2D eigenvalue weighted by molar-refractivity contribution is 5.51. The van der Waals surface area contributed by atoms with Crippen molar-refractivity contribution in [1.82, 2.24) is 0 Å². The average molecular weight is 220 g/mol. The molecule has 16 heavy (non-hydrogen) atoms. The van der Waals surface area contributed by atoms with E-state index >= 15 is 0 Å². The van der Waals surface area contributed by atoms with E-state index in [9.17, 15) is 0 Å². The van der Waals surface area contributed by atoms with Crippen molar-refractivity contribution in [2.45, 2.75) is 45.6 Å². The van der Waals surface area contributed by atoms with E-state index in [1.807, 2.05) is 0 Å². The van der Waals surface area contributed by atoms with Crippen molar-refractivity contribution in [1.29, 1.82) is 0 Å². The lowest BCUT2D eigenvalue weighted by molar-refractivity contribution is 0.596. The van der Waals surface area contributed by atoms with E-state index in [1.54, 1.807) is 0 Å². The van der Waals surface area contributed by atoms with Crippen LogP contribution in [0.3, 0.4) is 0 Å². The fraction of sp³-hybridized carbons (Fsp3) is 0.571. The van der Waals surface area contributed by atoms with Crippen molar-refractivity contribution in [3.8, 4) is 0 Å². The molecule has 0 saturated carbocycles. The summed E-state index contributed by atoms with van der Waals surface area (Å²) >= 11 is 0. The Morgan fingerprint density at radius 3 is 2.69 bits per heavy atom. The van der Waals surface area contributed by atoms with Crippen LogP contribution in [-0.2, 0) is 6.42 Å². The fourth-order valence-corrected chi connectivity index (χ4v) is 1.81. The zero-order valence-corrected chi connectivity index (χ0v) is 10.5. The monoisotopic (exact) mass is 220 g/mol. The molecule has 0 aliphatic heterocycles. The Morgan fingerprint density at radius 2 is 2.00 bits per heavy atom. The topological polar surface area (TPSA) is 38.0 Å². The molecule has 1 rings (SSSR count). The molecule has 90 valence electrons. The maximum atomic E-state index is 6.04. The number of anilines is 1.